The lowest BCUT2D eigenvalue weighted by molar-refractivity contribution is 0.0690. The number of carbonyl (C=O) groups is 2. The van der Waals surface area contributed by atoms with E-state index in [9.17, 15) is 14.4 Å². The number of fused-ring (bicyclic) bond motifs is 4. The van der Waals surface area contributed by atoms with Gasteiger partial charge in [-0.1, -0.05) is 42.5 Å². The van der Waals surface area contributed by atoms with Gasteiger partial charge in [-0.25, -0.2) is 0 Å². The van der Waals surface area contributed by atoms with Crippen LogP contribution in [0, 0.1) is 11.8 Å². The van der Waals surface area contributed by atoms with Gasteiger partial charge in [-0.15, -0.1) is 11.3 Å². The number of nitrogens with one attached hydrogen (secondary N) is 1. The second kappa shape index (κ2) is 11.8. The minimum absolute atomic E-state index is 0.0140. The topological polar surface area (TPSA) is 74.7 Å². The summed E-state index contributed by atoms with van der Waals surface area (Å²) >= 11 is 1.40. The van der Waals surface area contributed by atoms with Gasteiger partial charge >= 0.3 is 0 Å². The van der Waals surface area contributed by atoms with Crippen molar-refractivity contribution < 1.29 is 9.59 Å². The average molecular weight is 593 g/mol. The summed E-state index contributed by atoms with van der Waals surface area (Å²) in [7, 11) is 0. The van der Waals surface area contributed by atoms with Gasteiger partial charge in [0.25, 0.3) is 17.4 Å². The number of likely N-dealkylation sites (tertiary alicyclic amines) is 1. The zero-order chi connectivity index (χ0) is 29.3. The van der Waals surface area contributed by atoms with Crippen LogP contribution in [0.2, 0.25) is 0 Å². The lowest BCUT2D eigenvalue weighted by Gasteiger charge is -2.44. The Kier molecular flexibility index (Phi) is 7.61. The maximum absolute atomic E-state index is 13.7. The van der Waals surface area contributed by atoms with Crippen molar-refractivity contribution in [3.63, 3.8) is 0 Å². The Labute approximate surface area is 255 Å². The third kappa shape index (κ3) is 5.76. The van der Waals surface area contributed by atoms with Gasteiger partial charge in [0.15, 0.2) is 0 Å². The normalized spacial score (nSPS) is 20.0. The van der Waals surface area contributed by atoms with Crippen LogP contribution in [-0.4, -0.2) is 47.5 Å². The Morgan fingerprint density at radius 3 is 2.51 bits per heavy atom. The van der Waals surface area contributed by atoms with Crippen molar-refractivity contribution in [1.82, 2.24) is 9.47 Å². The van der Waals surface area contributed by atoms with Crippen LogP contribution in [-0.2, 0) is 13.0 Å². The standard InChI is InChI=1S/C35H36N4O3S/c40-33-10-4-8-30-28-19-26(22-39(30)33)21-38(23-28)31-12-11-27(20-29(31)36-34(41)32-9-5-17-43-32)35(42)37-15-13-25(14-16-37)18-24-6-2-1-3-7-24/h1-12,17,20,25-26,28H,13-16,18-19,21-23H2,(H,36,41)/t26-,28+/m1/s1. The highest BCUT2D eigenvalue weighted by Gasteiger charge is 2.35. The molecule has 1 N–H and O–H groups in total. The molecule has 0 saturated carbocycles. The van der Waals surface area contributed by atoms with E-state index in [1.165, 1.54) is 16.9 Å². The predicted molar refractivity (Wildman–Crippen MR) is 171 cm³/mol. The number of rotatable bonds is 6. The summed E-state index contributed by atoms with van der Waals surface area (Å²) in [6.45, 7) is 3.73. The molecular formula is C35H36N4O3S. The number of carbonyl (C=O) groups excluding carboxylic acids is 2. The van der Waals surface area contributed by atoms with Crippen molar-refractivity contribution in [2.24, 2.45) is 11.8 Å². The number of pyridine rings is 1. The first-order chi connectivity index (χ1) is 21.0. The van der Waals surface area contributed by atoms with E-state index in [1.807, 2.05) is 57.3 Å². The largest absolute Gasteiger partial charge is 0.369 e. The van der Waals surface area contributed by atoms with Crippen molar-refractivity contribution in [3.8, 4) is 0 Å². The second-order valence-corrected chi connectivity index (χ2v) is 13.1. The molecule has 7 rings (SSSR count). The van der Waals surface area contributed by atoms with E-state index in [0.717, 1.165) is 63.2 Å². The van der Waals surface area contributed by atoms with Gasteiger partial charge < -0.3 is 19.7 Å². The molecule has 7 nitrogen and oxygen atoms in total. The van der Waals surface area contributed by atoms with E-state index in [4.69, 9.17) is 0 Å². The molecule has 4 aromatic rings. The molecule has 0 unspecified atom stereocenters. The van der Waals surface area contributed by atoms with Gasteiger partial charge in [0.05, 0.1) is 16.3 Å². The fourth-order valence-electron chi connectivity index (χ4n) is 7.20. The minimum Gasteiger partial charge on any atom is -0.369 e. The molecule has 5 heterocycles. The van der Waals surface area contributed by atoms with E-state index >= 15 is 0 Å². The summed E-state index contributed by atoms with van der Waals surface area (Å²) in [5.74, 6) is 0.997. The number of benzene rings is 2. The number of nitrogens with zero attached hydrogens (tertiary/aromatic N) is 3. The number of amides is 2. The van der Waals surface area contributed by atoms with E-state index < -0.39 is 0 Å². The Morgan fingerprint density at radius 1 is 0.884 bits per heavy atom. The molecule has 2 aromatic heterocycles. The molecule has 2 amide bonds. The minimum atomic E-state index is -0.170. The fraction of sp³-hybridized carbons (Fsp3) is 0.343. The van der Waals surface area contributed by atoms with E-state index in [-0.39, 0.29) is 23.3 Å². The predicted octanol–water partition coefficient (Wildman–Crippen LogP) is 5.88. The highest BCUT2D eigenvalue weighted by molar-refractivity contribution is 7.12. The molecule has 8 heteroatoms. The van der Waals surface area contributed by atoms with Gasteiger partial charge in [0, 0.05) is 56.0 Å². The van der Waals surface area contributed by atoms with Crippen LogP contribution in [0.1, 0.15) is 56.5 Å². The number of anilines is 2. The zero-order valence-corrected chi connectivity index (χ0v) is 25.0. The molecule has 0 spiro atoms. The van der Waals surface area contributed by atoms with Crippen molar-refractivity contribution in [1.29, 1.82) is 0 Å². The summed E-state index contributed by atoms with van der Waals surface area (Å²) < 4.78 is 1.93. The van der Waals surface area contributed by atoms with Crippen molar-refractivity contribution in [2.45, 2.75) is 38.1 Å². The third-order valence-corrected chi connectivity index (χ3v) is 10.2. The highest BCUT2D eigenvalue weighted by atomic mass is 32.1. The van der Waals surface area contributed by atoms with E-state index in [2.05, 4.69) is 40.5 Å². The molecule has 220 valence electrons. The fourth-order valence-corrected chi connectivity index (χ4v) is 7.82. The lowest BCUT2D eigenvalue weighted by atomic mass is 9.83. The van der Waals surface area contributed by atoms with Crippen LogP contribution < -0.4 is 15.8 Å². The monoisotopic (exact) mass is 592 g/mol. The first kappa shape index (κ1) is 27.7. The molecule has 3 aliphatic heterocycles. The molecule has 0 radical (unpaired) electrons. The van der Waals surface area contributed by atoms with Crippen molar-refractivity contribution in [2.75, 3.05) is 36.4 Å². The molecule has 2 atom stereocenters. The first-order valence-corrected chi connectivity index (χ1v) is 16.2. The van der Waals surface area contributed by atoms with Crippen LogP contribution in [0.5, 0.6) is 0 Å². The molecule has 3 aliphatic rings. The summed E-state index contributed by atoms with van der Waals surface area (Å²) in [5, 5.41) is 5.03. The maximum atomic E-state index is 13.7. The Bertz CT molecular complexity index is 1670. The van der Waals surface area contributed by atoms with Crippen LogP contribution in [0.25, 0.3) is 0 Å². The molecule has 2 bridgehead atoms. The van der Waals surface area contributed by atoms with Gasteiger partial charge in [-0.2, -0.15) is 0 Å². The molecular weight excluding hydrogens is 556 g/mol. The van der Waals surface area contributed by atoms with Crippen LogP contribution in [0.4, 0.5) is 11.4 Å². The molecule has 0 aliphatic carbocycles. The number of piperidine rings is 2. The third-order valence-electron chi connectivity index (χ3n) is 9.33. The van der Waals surface area contributed by atoms with Crippen LogP contribution in [0.15, 0.2) is 89.0 Å². The molecule has 2 aromatic carbocycles. The molecule has 2 fully saturated rings. The van der Waals surface area contributed by atoms with Gasteiger partial charge in [0.1, 0.15) is 0 Å². The highest BCUT2D eigenvalue weighted by Crippen LogP contribution is 2.39. The number of aromatic nitrogens is 1. The quantitative estimate of drug-likeness (QED) is 0.304. The summed E-state index contributed by atoms with van der Waals surface area (Å²) in [4.78, 5) is 44.4. The lowest BCUT2D eigenvalue weighted by Crippen LogP contribution is -2.47. The summed E-state index contributed by atoms with van der Waals surface area (Å²) in [5.41, 5.74) is 4.68. The Balaban J connectivity index is 1.12. The van der Waals surface area contributed by atoms with Gasteiger partial charge in [-0.05, 0) is 78.8 Å². The van der Waals surface area contributed by atoms with Crippen molar-refractivity contribution >= 4 is 34.5 Å². The number of hydrogen-bond donors (Lipinski definition) is 1. The van der Waals surface area contributed by atoms with Crippen LogP contribution >= 0.6 is 11.3 Å². The van der Waals surface area contributed by atoms with E-state index in [1.54, 1.807) is 6.07 Å². The SMILES string of the molecule is O=C(Nc1cc(C(=O)N2CCC(Cc3ccccc3)CC2)ccc1N1C[C@H]2C[C@@H](C1)c1cccc(=O)n1C2)c1cccs1. The second-order valence-electron chi connectivity index (χ2n) is 12.2. The summed E-state index contributed by atoms with van der Waals surface area (Å²) in [6.07, 6.45) is 4.07. The van der Waals surface area contributed by atoms with Crippen molar-refractivity contribution in [3.05, 3.63) is 116 Å². The first-order valence-electron chi connectivity index (χ1n) is 15.3. The smallest absolute Gasteiger partial charge is 0.265 e. The van der Waals surface area contributed by atoms with Gasteiger partial charge in [0.2, 0.25) is 0 Å². The molecule has 2 saturated heterocycles. The number of hydrogen-bond acceptors (Lipinski definition) is 5. The van der Waals surface area contributed by atoms with Crippen LogP contribution in [0.3, 0.4) is 0 Å². The van der Waals surface area contributed by atoms with E-state index in [0.29, 0.717) is 34.5 Å². The Hall–Kier alpha value is -4.17. The summed E-state index contributed by atoms with van der Waals surface area (Å²) in [6, 6.07) is 25.6. The maximum Gasteiger partial charge on any atom is 0.265 e. The Morgan fingerprint density at radius 2 is 1.72 bits per heavy atom. The molecule has 43 heavy (non-hydrogen) atoms. The zero-order valence-electron chi connectivity index (χ0n) is 24.2. The number of thiophene rings is 1. The van der Waals surface area contributed by atoms with Gasteiger partial charge in [-0.3, -0.25) is 14.4 Å². The average Bonchev–Trinajstić information content (AvgIpc) is 3.58.